The lowest BCUT2D eigenvalue weighted by Gasteiger charge is -2.05. The molecular weight excluding hydrogens is 221 g/mol. The predicted octanol–water partition coefficient (Wildman–Crippen LogP) is 2.99. The Kier molecular flexibility index (Phi) is 4.98. The first-order valence-electron chi connectivity index (χ1n) is 3.19. The Labute approximate surface area is 85.4 Å². The van der Waals surface area contributed by atoms with Crippen molar-refractivity contribution in [3.05, 3.63) is 28.8 Å². The molecule has 0 heterocycles. The summed E-state index contributed by atoms with van der Waals surface area (Å²) in [6.45, 7) is 0. The zero-order chi connectivity index (χ0) is 9.14. The van der Waals surface area contributed by atoms with E-state index in [0.29, 0.717) is 10.7 Å². The molecule has 0 saturated heterocycles. The number of rotatable bonds is 2. The lowest BCUT2D eigenvalue weighted by atomic mass is 10.2. The molecule has 13 heavy (non-hydrogen) atoms. The van der Waals surface area contributed by atoms with Crippen LogP contribution in [0.1, 0.15) is 12.0 Å². The number of anilines is 1. The van der Waals surface area contributed by atoms with E-state index in [1.807, 2.05) is 0 Å². The molecule has 1 rings (SSSR count). The monoisotopic (exact) mass is 228 g/mol. The summed E-state index contributed by atoms with van der Waals surface area (Å²) in [5.74, 6) is 5.04. The van der Waals surface area contributed by atoms with Gasteiger partial charge in [0, 0.05) is 5.56 Å². The highest BCUT2D eigenvalue weighted by atomic mass is 35.5. The van der Waals surface area contributed by atoms with Gasteiger partial charge in [0.05, 0.1) is 10.7 Å². The highest BCUT2D eigenvalue weighted by Gasteiger charge is 2.08. The number of halogens is 4. The minimum atomic E-state index is -2.51. The van der Waals surface area contributed by atoms with E-state index in [0.717, 1.165) is 0 Å². The van der Waals surface area contributed by atoms with E-state index >= 15 is 0 Å². The van der Waals surface area contributed by atoms with Gasteiger partial charge in [0.1, 0.15) is 0 Å². The van der Waals surface area contributed by atoms with Crippen molar-refractivity contribution in [1.82, 2.24) is 0 Å². The summed E-state index contributed by atoms with van der Waals surface area (Å²) in [4.78, 5) is 0. The molecule has 3 N–H and O–H groups in total. The summed E-state index contributed by atoms with van der Waals surface area (Å²) >= 11 is 5.61. The van der Waals surface area contributed by atoms with Crippen molar-refractivity contribution in [1.29, 1.82) is 0 Å². The molecule has 6 heteroatoms. The van der Waals surface area contributed by atoms with E-state index in [2.05, 4.69) is 5.43 Å². The molecule has 0 aliphatic carbocycles. The van der Waals surface area contributed by atoms with Crippen molar-refractivity contribution in [2.45, 2.75) is 6.43 Å². The Morgan fingerprint density at radius 2 is 2.00 bits per heavy atom. The Morgan fingerprint density at radius 3 is 2.46 bits per heavy atom. The van der Waals surface area contributed by atoms with Crippen LogP contribution in [0.2, 0.25) is 5.02 Å². The second-order valence-electron chi connectivity index (χ2n) is 2.18. The lowest BCUT2D eigenvalue weighted by molar-refractivity contribution is 0.151. The molecule has 0 amide bonds. The van der Waals surface area contributed by atoms with Gasteiger partial charge in [-0.3, -0.25) is 5.84 Å². The fraction of sp³-hybridized carbons (Fsp3) is 0.143. The summed E-state index contributed by atoms with van der Waals surface area (Å²) in [6.07, 6.45) is -2.51. The first-order valence-corrected chi connectivity index (χ1v) is 3.57. The fourth-order valence-electron chi connectivity index (χ4n) is 0.789. The van der Waals surface area contributed by atoms with Crippen molar-refractivity contribution >= 4 is 29.7 Å². The van der Waals surface area contributed by atoms with Crippen LogP contribution in [0, 0.1) is 0 Å². The highest BCUT2D eigenvalue weighted by molar-refractivity contribution is 6.33. The fourth-order valence-corrected chi connectivity index (χ4v) is 0.961. The number of nitrogens with one attached hydrogen (secondary N) is 1. The minimum absolute atomic E-state index is 0. The minimum Gasteiger partial charge on any atom is -0.323 e. The first kappa shape index (κ1) is 12.4. The molecular formula is C7H8Cl2F2N2. The number of benzene rings is 1. The van der Waals surface area contributed by atoms with Gasteiger partial charge in [-0.15, -0.1) is 12.4 Å². The van der Waals surface area contributed by atoms with Crippen molar-refractivity contribution in [2.75, 3.05) is 5.43 Å². The van der Waals surface area contributed by atoms with Crippen molar-refractivity contribution in [3.8, 4) is 0 Å². The summed E-state index contributed by atoms with van der Waals surface area (Å²) in [5, 5.41) is 0.321. The van der Waals surface area contributed by atoms with Gasteiger partial charge in [-0.05, 0) is 12.1 Å². The molecule has 2 nitrogen and oxygen atoms in total. The maximum absolute atomic E-state index is 12.1. The van der Waals surface area contributed by atoms with Crippen LogP contribution in [0.5, 0.6) is 0 Å². The SMILES string of the molecule is Cl.NNc1cc(C(F)F)ccc1Cl. The van der Waals surface area contributed by atoms with E-state index in [-0.39, 0.29) is 18.0 Å². The molecule has 0 spiro atoms. The molecule has 0 fully saturated rings. The summed E-state index contributed by atoms with van der Waals surface area (Å²) < 4.78 is 24.2. The van der Waals surface area contributed by atoms with E-state index in [9.17, 15) is 8.78 Å². The molecule has 0 bridgehead atoms. The van der Waals surface area contributed by atoms with Crippen LogP contribution in [0.25, 0.3) is 0 Å². The van der Waals surface area contributed by atoms with E-state index in [1.54, 1.807) is 0 Å². The molecule has 74 valence electrons. The first-order chi connectivity index (χ1) is 5.65. The van der Waals surface area contributed by atoms with Gasteiger partial charge in [0.25, 0.3) is 6.43 Å². The average Bonchev–Trinajstić information content (AvgIpc) is 2.05. The predicted molar refractivity (Wildman–Crippen MR) is 51.5 cm³/mol. The Hall–Kier alpha value is -0.580. The van der Waals surface area contributed by atoms with Gasteiger partial charge >= 0.3 is 0 Å². The number of alkyl halides is 2. The van der Waals surface area contributed by atoms with Gasteiger partial charge in [-0.1, -0.05) is 17.7 Å². The third-order valence-electron chi connectivity index (χ3n) is 1.40. The van der Waals surface area contributed by atoms with Gasteiger partial charge in [0.15, 0.2) is 0 Å². The quantitative estimate of drug-likeness (QED) is 0.604. The smallest absolute Gasteiger partial charge is 0.263 e. The van der Waals surface area contributed by atoms with Gasteiger partial charge in [-0.25, -0.2) is 8.78 Å². The molecule has 0 atom stereocenters. The van der Waals surface area contributed by atoms with Crippen LogP contribution in [0.4, 0.5) is 14.5 Å². The third-order valence-corrected chi connectivity index (χ3v) is 1.73. The molecule has 0 saturated carbocycles. The van der Waals surface area contributed by atoms with Crippen LogP contribution in [0.3, 0.4) is 0 Å². The largest absolute Gasteiger partial charge is 0.323 e. The van der Waals surface area contributed by atoms with E-state index in [4.69, 9.17) is 17.4 Å². The topological polar surface area (TPSA) is 38.0 Å². The maximum atomic E-state index is 12.1. The summed E-state index contributed by atoms with van der Waals surface area (Å²) in [5.41, 5.74) is 2.42. The molecule has 1 aromatic carbocycles. The zero-order valence-corrected chi connectivity index (χ0v) is 8.00. The normalized spacial score (nSPS) is 9.62. The third kappa shape index (κ3) is 2.99. The van der Waals surface area contributed by atoms with Gasteiger partial charge in [-0.2, -0.15) is 0 Å². The van der Waals surface area contributed by atoms with Crippen LogP contribution in [-0.4, -0.2) is 0 Å². The molecule has 0 unspecified atom stereocenters. The van der Waals surface area contributed by atoms with Gasteiger partial charge in [0.2, 0.25) is 0 Å². The van der Waals surface area contributed by atoms with Gasteiger partial charge < -0.3 is 5.43 Å². The van der Waals surface area contributed by atoms with Crippen LogP contribution >= 0.6 is 24.0 Å². The molecule has 0 aliphatic heterocycles. The number of hydrogen-bond acceptors (Lipinski definition) is 2. The van der Waals surface area contributed by atoms with Crippen molar-refractivity contribution in [2.24, 2.45) is 5.84 Å². The number of nitrogen functional groups attached to an aromatic ring is 1. The Morgan fingerprint density at radius 1 is 1.38 bits per heavy atom. The van der Waals surface area contributed by atoms with Crippen LogP contribution in [0.15, 0.2) is 18.2 Å². The summed E-state index contributed by atoms with van der Waals surface area (Å²) in [6, 6.07) is 3.85. The molecule has 0 radical (unpaired) electrons. The van der Waals surface area contributed by atoms with E-state index < -0.39 is 6.43 Å². The lowest BCUT2D eigenvalue weighted by Crippen LogP contribution is -2.07. The average molecular weight is 229 g/mol. The second-order valence-corrected chi connectivity index (χ2v) is 2.59. The molecule has 0 aromatic heterocycles. The van der Waals surface area contributed by atoms with Crippen molar-refractivity contribution < 1.29 is 8.78 Å². The van der Waals surface area contributed by atoms with Crippen LogP contribution in [-0.2, 0) is 0 Å². The molecule has 0 aliphatic rings. The number of hydrazine groups is 1. The number of hydrogen-bond donors (Lipinski definition) is 2. The zero-order valence-electron chi connectivity index (χ0n) is 6.43. The number of nitrogens with two attached hydrogens (primary N) is 1. The van der Waals surface area contributed by atoms with Crippen molar-refractivity contribution in [3.63, 3.8) is 0 Å². The molecule has 1 aromatic rings. The second kappa shape index (κ2) is 5.21. The Bertz CT molecular complexity index is 281. The maximum Gasteiger partial charge on any atom is 0.263 e. The van der Waals surface area contributed by atoms with Crippen LogP contribution < -0.4 is 11.3 Å². The Balaban J connectivity index is 0.00000144. The standard InChI is InChI=1S/C7H7ClF2N2.ClH/c8-5-2-1-4(7(9)10)3-6(5)12-11;/h1-3,7,12H,11H2;1H. The van der Waals surface area contributed by atoms with E-state index in [1.165, 1.54) is 18.2 Å². The highest BCUT2D eigenvalue weighted by Crippen LogP contribution is 2.27. The summed E-state index contributed by atoms with van der Waals surface area (Å²) in [7, 11) is 0.